The molecule has 6 rings (SSSR count). The number of morpholine rings is 1. The van der Waals surface area contributed by atoms with Gasteiger partial charge in [0.2, 0.25) is 11.8 Å². The highest BCUT2D eigenvalue weighted by Gasteiger charge is 2.49. The van der Waals surface area contributed by atoms with Crippen molar-refractivity contribution < 1.29 is 28.7 Å². The van der Waals surface area contributed by atoms with Gasteiger partial charge in [0, 0.05) is 31.0 Å². The second-order valence-electron chi connectivity index (χ2n) is 11.4. The van der Waals surface area contributed by atoms with Gasteiger partial charge in [-0.3, -0.25) is 24.1 Å². The number of amides is 3. The summed E-state index contributed by atoms with van der Waals surface area (Å²) in [6.07, 6.45) is 2.52. The molecule has 2 fully saturated rings. The van der Waals surface area contributed by atoms with E-state index < -0.39 is 23.1 Å². The summed E-state index contributed by atoms with van der Waals surface area (Å²) < 4.78 is 10.8. The van der Waals surface area contributed by atoms with E-state index in [4.69, 9.17) is 9.47 Å². The van der Waals surface area contributed by atoms with Crippen LogP contribution in [0.15, 0.2) is 72.8 Å². The van der Waals surface area contributed by atoms with Gasteiger partial charge in [0.05, 0.1) is 31.6 Å². The van der Waals surface area contributed by atoms with Crippen LogP contribution in [0.5, 0.6) is 5.75 Å². The van der Waals surface area contributed by atoms with Crippen LogP contribution < -0.4 is 19.9 Å². The Labute approximate surface area is 256 Å². The number of ether oxygens (including phenoxy) is 2. The number of carbonyl (C=O) groups is 4. The molecule has 1 aliphatic carbocycles. The standard InChI is InChI=1S/C34H36N4O6/c1-43-27-14-8-24(9-15-27)22-38(30(39)23-37-29-7-3-2-6-28(29)31(40)32(37)41)34(16-4-5-17-34)33(42)35-25-10-12-26(13-11-25)36-18-20-44-21-19-36/h2-3,6-15H,4-5,16-23H2,1H3,(H,35,42). The van der Waals surface area contributed by atoms with Gasteiger partial charge in [-0.2, -0.15) is 0 Å². The molecule has 3 aromatic carbocycles. The number of rotatable bonds is 9. The minimum atomic E-state index is -1.13. The molecule has 1 saturated heterocycles. The fraction of sp³-hybridized carbons (Fsp3) is 0.353. The van der Waals surface area contributed by atoms with Crippen molar-refractivity contribution in [2.24, 2.45) is 0 Å². The maximum Gasteiger partial charge on any atom is 0.299 e. The van der Waals surface area contributed by atoms with E-state index >= 15 is 0 Å². The number of nitrogens with zero attached hydrogens (tertiary/aromatic N) is 3. The van der Waals surface area contributed by atoms with E-state index in [1.807, 2.05) is 48.5 Å². The lowest BCUT2D eigenvalue weighted by molar-refractivity contribution is -0.145. The van der Waals surface area contributed by atoms with Crippen LogP contribution in [0.4, 0.5) is 17.1 Å². The van der Waals surface area contributed by atoms with Gasteiger partial charge in [0.15, 0.2) is 0 Å². The third-order valence-corrected chi connectivity index (χ3v) is 8.84. The Morgan fingerprint density at radius 1 is 0.932 bits per heavy atom. The smallest absolute Gasteiger partial charge is 0.299 e. The van der Waals surface area contributed by atoms with Crippen molar-refractivity contribution in [1.82, 2.24) is 4.90 Å². The van der Waals surface area contributed by atoms with Gasteiger partial charge in [-0.1, -0.05) is 37.1 Å². The van der Waals surface area contributed by atoms with Gasteiger partial charge in [-0.05, 0) is 66.9 Å². The molecule has 0 spiro atoms. The van der Waals surface area contributed by atoms with E-state index in [0.717, 1.165) is 37.2 Å². The van der Waals surface area contributed by atoms with Crippen LogP contribution in [0.3, 0.4) is 0 Å². The molecule has 1 saturated carbocycles. The largest absolute Gasteiger partial charge is 0.497 e. The highest BCUT2D eigenvalue weighted by Crippen LogP contribution is 2.39. The molecule has 0 aromatic heterocycles. The summed E-state index contributed by atoms with van der Waals surface area (Å²) in [4.78, 5) is 59.2. The molecule has 3 aliphatic rings. The van der Waals surface area contributed by atoms with Crippen molar-refractivity contribution in [3.05, 3.63) is 83.9 Å². The van der Waals surface area contributed by atoms with Crippen molar-refractivity contribution in [2.75, 3.05) is 55.1 Å². The van der Waals surface area contributed by atoms with Crippen molar-refractivity contribution in [3.63, 3.8) is 0 Å². The fourth-order valence-electron chi connectivity index (χ4n) is 6.42. The summed E-state index contributed by atoms with van der Waals surface area (Å²) in [6, 6.07) is 21.8. The molecule has 2 heterocycles. The normalized spacial score (nSPS) is 17.4. The van der Waals surface area contributed by atoms with Crippen molar-refractivity contribution in [1.29, 1.82) is 0 Å². The Morgan fingerprint density at radius 3 is 2.30 bits per heavy atom. The molecule has 10 heteroatoms. The van der Waals surface area contributed by atoms with E-state index in [2.05, 4.69) is 10.2 Å². The molecule has 3 amide bonds. The molecule has 2 aliphatic heterocycles. The second-order valence-corrected chi connectivity index (χ2v) is 11.4. The minimum Gasteiger partial charge on any atom is -0.497 e. The van der Waals surface area contributed by atoms with Crippen LogP contribution in [0.25, 0.3) is 0 Å². The van der Waals surface area contributed by atoms with Crippen LogP contribution in [0.2, 0.25) is 0 Å². The number of ketones is 1. The second kappa shape index (κ2) is 12.5. The van der Waals surface area contributed by atoms with Crippen LogP contribution >= 0.6 is 0 Å². The predicted octanol–water partition coefficient (Wildman–Crippen LogP) is 4.04. The van der Waals surface area contributed by atoms with E-state index in [-0.39, 0.29) is 24.6 Å². The van der Waals surface area contributed by atoms with E-state index in [1.165, 1.54) is 4.90 Å². The number of Topliss-reactive ketones (excluding diaryl/α,β-unsaturated/α-hetero) is 1. The Bertz CT molecular complexity index is 1540. The van der Waals surface area contributed by atoms with Crippen molar-refractivity contribution in [2.45, 2.75) is 37.8 Å². The molecule has 3 aromatic rings. The zero-order chi connectivity index (χ0) is 30.7. The number of fused-ring (bicyclic) bond motifs is 1. The monoisotopic (exact) mass is 596 g/mol. The van der Waals surface area contributed by atoms with Gasteiger partial charge in [-0.25, -0.2) is 0 Å². The van der Waals surface area contributed by atoms with Crippen molar-refractivity contribution >= 4 is 40.6 Å². The predicted molar refractivity (Wildman–Crippen MR) is 166 cm³/mol. The van der Waals surface area contributed by atoms with E-state index in [1.54, 1.807) is 36.3 Å². The zero-order valence-corrected chi connectivity index (χ0v) is 24.8. The van der Waals surface area contributed by atoms with Gasteiger partial charge >= 0.3 is 0 Å². The summed E-state index contributed by atoms with van der Waals surface area (Å²) in [5.41, 5.74) is 2.07. The van der Waals surface area contributed by atoms with Gasteiger partial charge in [-0.15, -0.1) is 0 Å². The Kier molecular flexibility index (Phi) is 8.34. The molecular formula is C34H36N4O6. The summed E-state index contributed by atoms with van der Waals surface area (Å²) in [5, 5.41) is 3.09. The first-order chi connectivity index (χ1) is 21.4. The SMILES string of the molecule is COc1ccc(CN(C(=O)CN2C(=O)C(=O)c3ccccc32)C2(C(=O)Nc3ccc(N4CCOCC4)cc3)CCCC2)cc1. The first-order valence-electron chi connectivity index (χ1n) is 15.0. The van der Waals surface area contributed by atoms with Gasteiger partial charge < -0.3 is 24.6 Å². The molecule has 10 nitrogen and oxygen atoms in total. The highest BCUT2D eigenvalue weighted by atomic mass is 16.5. The molecular weight excluding hydrogens is 560 g/mol. The molecule has 228 valence electrons. The van der Waals surface area contributed by atoms with Crippen molar-refractivity contribution in [3.8, 4) is 5.75 Å². The molecule has 0 radical (unpaired) electrons. The zero-order valence-electron chi connectivity index (χ0n) is 24.8. The van der Waals surface area contributed by atoms with Crippen LogP contribution in [0.1, 0.15) is 41.6 Å². The average Bonchev–Trinajstić information content (AvgIpc) is 3.65. The number of carbonyl (C=O) groups excluding carboxylic acids is 4. The first-order valence-corrected chi connectivity index (χ1v) is 15.0. The lowest BCUT2D eigenvalue weighted by Crippen LogP contribution is -2.59. The maximum atomic E-state index is 14.3. The summed E-state index contributed by atoms with van der Waals surface area (Å²) >= 11 is 0. The maximum absolute atomic E-state index is 14.3. The number of benzene rings is 3. The molecule has 0 unspecified atom stereocenters. The first kappa shape index (κ1) is 29.4. The Morgan fingerprint density at radius 2 is 1.61 bits per heavy atom. The number of nitrogens with one attached hydrogen (secondary N) is 1. The third kappa shape index (κ3) is 5.65. The quantitative estimate of drug-likeness (QED) is 0.372. The number of para-hydroxylation sites is 1. The number of methoxy groups -OCH3 is 1. The van der Waals surface area contributed by atoms with Crippen LogP contribution in [0, 0.1) is 0 Å². The lowest BCUT2D eigenvalue weighted by Gasteiger charge is -2.41. The van der Waals surface area contributed by atoms with Crippen LogP contribution in [-0.4, -0.2) is 73.9 Å². The molecule has 1 N–H and O–H groups in total. The third-order valence-electron chi connectivity index (χ3n) is 8.84. The Hall–Kier alpha value is -4.70. The summed E-state index contributed by atoms with van der Waals surface area (Å²) in [6.45, 7) is 2.80. The Balaban J connectivity index is 1.29. The number of hydrogen-bond donors (Lipinski definition) is 1. The summed E-state index contributed by atoms with van der Waals surface area (Å²) in [5.74, 6) is -1.37. The lowest BCUT2D eigenvalue weighted by atomic mass is 9.92. The number of hydrogen-bond acceptors (Lipinski definition) is 7. The topological polar surface area (TPSA) is 108 Å². The fourth-order valence-corrected chi connectivity index (χ4v) is 6.42. The van der Waals surface area contributed by atoms with Gasteiger partial charge in [0.25, 0.3) is 11.7 Å². The highest BCUT2D eigenvalue weighted by molar-refractivity contribution is 6.52. The number of anilines is 3. The molecule has 0 atom stereocenters. The van der Waals surface area contributed by atoms with Gasteiger partial charge in [0.1, 0.15) is 17.8 Å². The van der Waals surface area contributed by atoms with E-state index in [9.17, 15) is 19.2 Å². The minimum absolute atomic E-state index is 0.157. The molecule has 44 heavy (non-hydrogen) atoms. The van der Waals surface area contributed by atoms with E-state index in [0.29, 0.717) is 43.2 Å². The average molecular weight is 597 g/mol. The molecule has 0 bridgehead atoms. The van der Waals surface area contributed by atoms with Crippen LogP contribution in [-0.2, 0) is 25.7 Å². The summed E-state index contributed by atoms with van der Waals surface area (Å²) in [7, 11) is 1.59.